The molecule has 0 rings (SSSR count). The molecule has 0 aliphatic rings. The van der Waals surface area contributed by atoms with Crippen LogP contribution in [0.4, 0.5) is 0 Å². The Kier molecular flexibility index (Phi) is 218. The maximum atomic E-state index is 3.36. The van der Waals surface area contributed by atoms with Crippen molar-refractivity contribution in [3.05, 3.63) is 12.7 Å². The molecule has 0 aliphatic carbocycles. The van der Waals surface area contributed by atoms with Crippen molar-refractivity contribution in [2.45, 2.75) is 69.2 Å². The summed E-state index contributed by atoms with van der Waals surface area (Å²) < 4.78 is 0. The molecule has 0 aliphatic heterocycles. The number of rotatable bonds is 0. The van der Waals surface area contributed by atoms with Gasteiger partial charge in [-0.05, 0) is 12.8 Å². The van der Waals surface area contributed by atoms with Gasteiger partial charge in [0, 0.05) is 0 Å². The summed E-state index contributed by atoms with van der Waals surface area (Å²) in [5, 5.41) is 0. The molecule has 0 nitrogen and oxygen atoms in total. The van der Waals surface area contributed by atoms with Crippen LogP contribution in [-0.4, -0.2) is 0 Å². The summed E-state index contributed by atoms with van der Waals surface area (Å²) in [4.78, 5) is 0. The Morgan fingerprint density at radius 2 is 0.769 bits per heavy atom. The Labute approximate surface area is 88.5 Å². The van der Waals surface area contributed by atoms with Gasteiger partial charge in [-0.15, -0.1) is 6.58 Å². The first-order valence-corrected chi connectivity index (χ1v) is 5.72. The summed E-state index contributed by atoms with van der Waals surface area (Å²) in [5.41, 5.74) is 0. The number of allylic oxidation sites excluding steroid dienone is 1. The standard InChI is InChI=1S/C4H10.C3H6.3C2H6/c1-4(2)3;1-3-2;3*1-2/h4H,1-3H3;3H,1H2,2H3;3*1-2H3. The van der Waals surface area contributed by atoms with E-state index in [1.807, 2.05) is 48.5 Å². The zero-order chi connectivity index (χ0) is 12.3. The smallest absolute Gasteiger partial charge is 0.0473 e. The largest absolute Gasteiger partial charge is 0.103 e. The van der Waals surface area contributed by atoms with Crippen LogP contribution < -0.4 is 0 Å². The van der Waals surface area contributed by atoms with E-state index >= 15 is 0 Å². The summed E-state index contributed by atoms with van der Waals surface area (Å²) in [6.07, 6.45) is 1.75. The highest BCUT2D eigenvalue weighted by Crippen LogP contribution is 1.81. The molecule has 0 aromatic carbocycles. The third-order valence-electron chi connectivity index (χ3n) is 0. The molecule has 0 fully saturated rings. The van der Waals surface area contributed by atoms with Gasteiger partial charge in [-0.3, -0.25) is 0 Å². The molecular weight excluding hydrogens is 156 g/mol. The first-order valence-electron chi connectivity index (χ1n) is 5.72. The van der Waals surface area contributed by atoms with E-state index in [9.17, 15) is 0 Å². The third kappa shape index (κ3) is 16500. The lowest BCUT2D eigenvalue weighted by molar-refractivity contribution is 0.737. The Hall–Kier alpha value is -0.260. The van der Waals surface area contributed by atoms with E-state index in [4.69, 9.17) is 0 Å². The first kappa shape index (κ1) is 29.3. The lowest BCUT2D eigenvalue weighted by atomic mass is 10.3. The minimum absolute atomic E-state index is 0.833. The van der Waals surface area contributed by atoms with E-state index in [1.165, 1.54) is 0 Å². The highest BCUT2D eigenvalue weighted by atomic mass is 13.7. The summed E-state index contributed by atoms with van der Waals surface area (Å²) >= 11 is 0. The van der Waals surface area contributed by atoms with Crippen LogP contribution in [0.2, 0.25) is 0 Å². The summed E-state index contributed by atoms with van der Waals surface area (Å²) in [7, 11) is 0. The summed E-state index contributed by atoms with van der Waals surface area (Å²) in [6, 6.07) is 0. The molecule has 0 saturated heterocycles. The van der Waals surface area contributed by atoms with Gasteiger partial charge in [0.25, 0.3) is 0 Å². The van der Waals surface area contributed by atoms with Crippen LogP contribution in [0.3, 0.4) is 0 Å². The van der Waals surface area contributed by atoms with E-state index in [0.29, 0.717) is 0 Å². The normalized spacial score (nSPS) is 5.15. The van der Waals surface area contributed by atoms with Gasteiger partial charge in [-0.1, -0.05) is 68.4 Å². The molecule has 0 radical (unpaired) electrons. The van der Waals surface area contributed by atoms with Crippen molar-refractivity contribution < 1.29 is 0 Å². The molecule has 0 spiro atoms. The molecule has 0 N–H and O–H groups in total. The third-order valence-corrected chi connectivity index (χ3v) is 0. The van der Waals surface area contributed by atoms with Crippen LogP contribution in [0.15, 0.2) is 12.7 Å². The maximum Gasteiger partial charge on any atom is -0.0473 e. The molecule has 0 heterocycles. The second-order valence-electron chi connectivity index (χ2n) is 2.14. The van der Waals surface area contributed by atoms with Gasteiger partial charge < -0.3 is 0 Å². The topological polar surface area (TPSA) is 0 Å². The fourth-order valence-electron chi connectivity index (χ4n) is 0. The molecule has 0 atom stereocenters. The predicted molar refractivity (Wildman–Crippen MR) is 70.4 cm³/mol. The fourth-order valence-corrected chi connectivity index (χ4v) is 0. The number of hydrogen-bond acceptors (Lipinski definition) is 0. The molecule has 86 valence electrons. The van der Waals surface area contributed by atoms with Crippen molar-refractivity contribution in [2.75, 3.05) is 0 Å². The molecule has 13 heavy (non-hydrogen) atoms. The zero-order valence-corrected chi connectivity index (χ0v) is 11.9. The Morgan fingerprint density at radius 3 is 0.769 bits per heavy atom. The predicted octanol–water partition coefficient (Wildman–Crippen LogP) is 5.93. The van der Waals surface area contributed by atoms with Crippen molar-refractivity contribution in [3.8, 4) is 0 Å². The van der Waals surface area contributed by atoms with Crippen molar-refractivity contribution >= 4 is 0 Å². The first-order chi connectivity index (χ1) is 6.15. The quantitative estimate of drug-likeness (QED) is 0.415. The summed E-state index contributed by atoms with van der Waals surface area (Å²) in [6.45, 7) is 23.8. The van der Waals surface area contributed by atoms with Crippen LogP contribution in [0.5, 0.6) is 0 Å². The second-order valence-corrected chi connectivity index (χ2v) is 2.14. The zero-order valence-electron chi connectivity index (χ0n) is 11.9. The number of hydrogen-bond donors (Lipinski definition) is 0. The van der Waals surface area contributed by atoms with Crippen LogP contribution in [0.25, 0.3) is 0 Å². The molecule has 0 heteroatoms. The van der Waals surface area contributed by atoms with Crippen molar-refractivity contribution in [1.29, 1.82) is 0 Å². The average molecular weight is 190 g/mol. The maximum absolute atomic E-state index is 3.36. The minimum atomic E-state index is 0.833. The lowest BCUT2D eigenvalue weighted by Gasteiger charge is -1.79. The van der Waals surface area contributed by atoms with Crippen LogP contribution >= 0.6 is 0 Å². The molecule has 0 unspecified atom stereocenters. The van der Waals surface area contributed by atoms with Crippen molar-refractivity contribution in [1.82, 2.24) is 0 Å². The van der Waals surface area contributed by atoms with Gasteiger partial charge in [0.15, 0.2) is 0 Å². The van der Waals surface area contributed by atoms with E-state index in [0.717, 1.165) is 5.92 Å². The van der Waals surface area contributed by atoms with E-state index in [2.05, 4.69) is 27.4 Å². The van der Waals surface area contributed by atoms with Crippen molar-refractivity contribution in [2.24, 2.45) is 5.92 Å². The SMILES string of the molecule is C=CC.CC.CC.CC.CC(C)C. The minimum Gasteiger partial charge on any atom is -0.103 e. The highest BCUT2D eigenvalue weighted by molar-refractivity contribution is 4.51. The van der Waals surface area contributed by atoms with Gasteiger partial charge in [0.05, 0.1) is 0 Å². The van der Waals surface area contributed by atoms with Gasteiger partial charge in [-0.2, -0.15) is 0 Å². The van der Waals surface area contributed by atoms with E-state index in [-0.39, 0.29) is 0 Å². The monoisotopic (exact) mass is 190 g/mol. The Balaban J connectivity index is -0.0000000215. The molecule has 0 aromatic rings. The van der Waals surface area contributed by atoms with Crippen LogP contribution in [-0.2, 0) is 0 Å². The van der Waals surface area contributed by atoms with Gasteiger partial charge in [0.1, 0.15) is 0 Å². The second kappa shape index (κ2) is 96.8. The molecule has 0 saturated carbocycles. The fraction of sp³-hybridized carbons (Fsp3) is 0.846. The summed E-state index contributed by atoms with van der Waals surface area (Å²) in [5.74, 6) is 0.833. The molecule has 0 aromatic heterocycles. The van der Waals surface area contributed by atoms with Crippen LogP contribution in [0.1, 0.15) is 69.2 Å². The van der Waals surface area contributed by atoms with E-state index < -0.39 is 0 Å². The van der Waals surface area contributed by atoms with E-state index in [1.54, 1.807) is 6.08 Å². The van der Waals surface area contributed by atoms with Gasteiger partial charge in [0.2, 0.25) is 0 Å². The molecule has 0 amide bonds. The Bertz CT molecular complexity index is 24.3. The van der Waals surface area contributed by atoms with Crippen molar-refractivity contribution in [3.63, 3.8) is 0 Å². The van der Waals surface area contributed by atoms with Gasteiger partial charge in [-0.25, -0.2) is 0 Å². The average Bonchev–Trinajstić information content (AvgIpc) is 2.14. The van der Waals surface area contributed by atoms with Crippen LogP contribution in [0, 0.1) is 5.92 Å². The molecular formula is C13H34. The Morgan fingerprint density at radius 1 is 0.769 bits per heavy atom. The highest BCUT2D eigenvalue weighted by Gasteiger charge is 1.68. The molecule has 0 bridgehead atoms. The van der Waals surface area contributed by atoms with Gasteiger partial charge >= 0.3 is 0 Å². The lowest BCUT2D eigenvalue weighted by Crippen LogP contribution is -1.66.